The molecule has 0 amide bonds. The van der Waals surface area contributed by atoms with Gasteiger partial charge >= 0.3 is 0 Å². The topological polar surface area (TPSA) is 21.3 Å². The first-order chi connectivity index (χ1) is 8.69. The lowest BCUT2D eigenvalue weighted by Gasteiger charge is -2.35. The molecule has 2 nitrogen and oxygen atoms in total. The summed E-state index contributed by atoms with van der Waals surface area (Å²) in [6.45, 7) is 7.63. The molecule has 3 unspecified atom stereocenters. The van der Waals surface area contributed by atoms with Gasteiger partial charge in [0.25, 0.3) is 0 Å². The summed E-state index contributed by atoms with van der Waals surface area (Å²) in [4.78, 5) is 0. The van der Waals surface area contributed by atoms with Crippen LogP contribution in [0.15, 0.2) is 24.3 Å². The van der Waals surface area contributed by atoms with Crippen molar-refractivity contribution in [2.45, 2.75) is 52.2 Å². The van der Waals surface area contributed by atoms with Crippen molar-refractivity contribution < 1.29 is 4.74 Å². The zero-order valence-corrected chi connectivity index (χ0v) is 11.8. The highest BCUT2D eigenvalue weighted by Gasteiger charge is 2.29. The van der Waals surface area contributed by atoms with Crippen molar-refractivity contribution in [2.75, 3.05) is 6.54 Å². The van der Waals surface area contributed by atoms with E-state index in [1.165, 1.54) is 18.4 Å². The smallest absolute Gasteiger partial charge is 0.120 e. The zero-order valence-electron chi connectivity index (χ0n) is 11.8. The van der Waals surface area contributed by atoms with Crippen molar-refractivity contribution in [1.82, 2.24) is 5.32 Å². The van der Waals surface area contributed by atoms with Gasteiger partial charge in [-0.2, -0.15) is 0 Å². The van der Waals surface area contributed by atoms with E-state index in [0.717, 1.165) is 24.6 Å². The Labute approximate surface area is 111 Å². The minimum Gasteiger partial charge on any atom is -0.489 e. The van der Waals surface area contributed by atoms with Gasteiger partial charge in [0.1, 0.15) is 11.9 Å². The molecule has 1 fully saturated rings. The summed E-state index contributed by atoms with van der Waals surface area (Å²) >= 11 is 0. The molecule has 0 spiro atoms. The van der Waals surface area contributed by atoms with Crippen LogP contribution in [0, 0.1) is 12.8 Å². The Morgan fingerprint density at radius 1 is 1.33 bits per heavy atom. The monoisotopic (exact) mass is 247 g/mol. The van der Waals surface area contributed by atoms with Crippen LogP contribution < -0.4 is 10.1 Å². The molecule has 1 aliphatic rings. The third kappa shape index (κ3) is 3.49. The first kappa shape index (κ1) is 13.4. The molecule has 1 aliphatic carbocycles. The van der Waals surface area contributed by atoms with Gasteiger partial charge in [0.15, 0.2) is 0 Å². The first-order valence-electron chi connectivity index (χ1n) is 7.15. The summed E-state index contributed by atoms with van der Waals surface area (Å²) in [7, 11) is 0. The second-order valence-corrected chi connectivity index (χ2v) is 5.56. The minimum atomic E-state index is 0.315. The number of aryl methyl sites for hydroxylation is 1. The molecule has 0 bridgehead atoms. The predicted molar refractivity (Wildman–Crippen MR) is 76.1 cm³/mol. The number of hydrogen-bond acceptors (Lipinski definition) is 2. The number of likely N-dealkylation sites (N-methyl/N-ethyl adjacent to an activating group) is 1. The second kappa shape index (κ2) is 6.24. The number of rotatable bonds is 4. The third-order valence-corrected chi connectivity index (χ3v) is 3.80. The molecule has 0 aromatic heterocycles. The largest absolute Gasteiger partial charge is 0.489 e. The summed E-state index contributed by atoms with van der Waals surface area (Å²) in [6, 6.07) is 8.88. The quantitative estimate of drug-likeness (QED) is 0.878. The highest BCUT2D eigenvalue weighted by molar-refractivity contribution is 5.27. The molecule has 1 aromatic rings. The van der Waals surface area contributed by atoms with Crippen LogP contribution in [0.3, 0.4) is 0 Å². The maximum atomic E-state index is 6.21. The third-order valence-electron chi connectivity index (χ3n) is 3.80. The van der Waals surface area contributed by atoms with Gasteiger partial charge < -0.3 is 10.1 Å². The second-order valence-electron chi connectivity index (χ2n) is 5.56. The Kier molecular flexibility index (Phi) is 4.65. The van der Waals surface area contributed by atoms with Crippen molar-refractivity contribution in [3.63, 3.8) is 0 Å². The molecule has 1 aromatic carbocycles. The lowest BCUT2D eigenvalue weighted by atomic mass is 9.85. The van der Waals surface area contributed by atoms with Gasteiger partial charge in [0.05, 0.1) is 0 Å². The van der Waals surface area contributed by atoms with Gasteiger partial charge in [-0.3, -0.25) is 0 Å². The van der Waals surface area contributed by atoms with Crippen LogP contribution >= 0.6 is 0 Å². The molecule has 2 heteroatoms. The standard InChI is InChI=1S/C16H25NO/c1-4-17-15-9-8-13(3)11-16(15)18-14-7-5-6-12(2)10-14/h5-7,10,13,15-17H,4,8-9,11H2,1-3H3. The Bertz CT molecular complexity index is 377. The lowest BCUT2D eigenvalue weighted by molar-refractivity contribution is 0.0916. The zero-order chi connectivity index (χ0) is 13.0. The van der Waals surface area contributed by atoms with Crippen molar-refractivity contribution in [3.8, 4) is 5.75 Å². The Morgan fingerprint density at radius 2 is 2.17 bits per heavy atom. The van der Waals surface area contributed by atoms with E-state index in [9.17, 15) is 0 Å². The molecule has 3 atom stereocenters. The fourth-order valence-corrected chi connectivity index (χ4v) is 2.82. The summed E-state index contributed by atoms with van der Waals surface area (Å²) in [5.74, 6) is 1.78. The number of nitrogens with one attached hydrogen (secondary N) is 1. The van der Waals surface area contributed by atoms with Crippen LogP contribution in [0.25, 0.3) is 0 Å². The van der Waals surface area contributed by atoms with Crippen molar-refractivity contribution in [1.29, 1.82) is 0 Å². The minimum absolute atomic E-state index is 0.315. The van der Waals surface area contributed by atoms with Gasteiger partial charge in [0, 0.05) is 6.04 Å². The molecular weight excluding hydrogens is 222 g/mol. The maximum absolute atomic E-state index is 6.21. The fraction of sp³-hybridized carbons (Fsp3) is 0.625. The summed E-state index contributed by atoms with van der Waals surface area (Å²) in [5, 5.41) is 3.56. The maximum Gasteiger partial charge on any atom is 0.120 e. The highest BCUT2D eigenvalue weighted by Crippen LogP contribution is 2.28. The molecule has 0 heterocycles. The predicted octanol–water partition coefficient (Wildman–Crippen LogP) is 3.54. The molecule has 2 rings (SSSR count). The van der Waals surface area contributed by atoms with E-state index in [1.807, 2.05) is 0 Å². The van der Waals surface area contributed by atoms with Crippen LogP contribution in [0.1, 0.15) is 38.7 Å². The van der Waals surface area contributed by atoms with Crippen molar-refractivity contribution >= 4 is 0 Å². The number of benzene rings is 1. The van der Waals surface area contributed by atoms with Crippen LogP contribution in [0.5, 0.6) is 5.75 Å². The summed E-state index contributed by atoms with van der Waals surface area (Å²) in [5.41, 5.74) is 1.26. The lowest BCUT2D eigenvalue weighted by Crippen LogP contribution is -2.46. The van der Waals surface area contributed by atoms with E-state index in [-0.39, 0.29) is 0 Å². The Hall–Kier alpha value is -1.02. The van der Waals surface area contributed by atoms with Crippen LogP contribution in [0.2, 0.25) is 0 Å². The van der Waals surface area contributed by atoms with E-state index >= 15 is 0 Å². The SMILES string of the molecule is CCNC1CCC(C)CC1Oc1cccc(C)c1. The molecule has 0 saturated heterocycles. The van der Waals surface area contributed by atoms with Crippen LogP contribution in [0.4, 0.5) is 0 Å². The van der Waals surface area contributed by atoms with Crippen molar-refractivity contribution in [3.05, 3.63) is 29.8 Å². The van der Waals surface area contributed by atoms with Gasteiger partial charge in [-0.15, -0.1) is 0 Å². The molecular formula is C16H25NO. The molecule has 100 valence electrons. The highest BCUT2D eigenvalue weighted by atomic mass is 16.5. The number of ether oxygens (including phenoxy) is 1. The Morgan fingerprint density at radius 3 is 2.89 bits per heavy atom. The van der Waals surface area contributed by atoms with E-state index in [0.29, 0.717) is 12.1 Å². The van der Waals surface area contributed by atoms with E-state index in [1.54, 1.807) is 0 Å². The van der Waals surface area contributed by atoms with E-state index in [2.05, 4.69) is 50.4 Å². The first-order valence-corrected chi connectivity index (χ1v) is 7.15. The van der Waals surface area contributed by atoms with Gasteiger partial charge in [-0.05, 0) is 56.3 Å². The molecule has 18 heavy (non-hydrogen) atoms. The average molecular weight is 247 g/mol. The van der Waals surface area contributed by atoms with Crippen LogP contribution in [-0.2, 0) is 0 Å². The van der Waals surface area contributed by atoms with E-state index < -0.39 is 0 Å². The molecule has 1 N–H and O–H groups in total. The molecule has 0 radical (unpaired) electrons. The normalized spacial score (nSPS) is 28.1. The van der Waals surface area contributed by atoms with Crippen molar-refractivity contribution in [2.24, 2.45) is 5.92 Å². The average Bonchev–Trinajstić information content (AvgIpc) is 2.33. The van der Waals surface area contributed by atoms with Gasteiger partial charge in [-0.1, -0.05) is 26.0 Å². The Balaban J connectivity index is 2.03. The van der Waals surface area contributed by atoms with Crippen LogP contribution in [-0.4, -0.2) is 18.7 Å². The number of hydrogen-bond donors (Lipinski definition) is 1. The fourth-order valence-electron chi connectivity index (χ4n) is 2.82. The molecule has 1 saturated carbocycles. The summed E-state index contributed by atoms with van der Waals surface area (Å²) < 4.78 is 6.21. The van der Waals surface area contributed by atoms with Gasteiger partial charge in [-0.25, -0.2) is 0 Å². The molecule has 0 aliphatic heterocycles. The van der Waals surface area contributed by atoms with E-state index in [4.69, 9.17) is 4.74 Å². The van der Waals surface area contributed by atoms with Gasteiger partial charge in [0.2, 0.25) is 0 Å². The summed E-state index contributed by atoms with van der Waals surface area (Å²) in [6.07, 6.45) is 4.01.